The van der Waals surface area contributed by atoms with Crippen molar-refractivity contribution in [2.75, 3.05) is 11.1 Å². The number of rotatable bonds is 2. The van der Waals surface area contributed by atoms with Gasteiger partial charge >= 0.3 is 0 Å². The summed E-state index contributed by atoms with van der Waals surface area (Å²) in [6.07, 6.45) is 0. The highest BCUT2D eigenvalue weighted by molar-refractivity contribution is 9.10. The minimum atomic E-state index is -0.568. The van der Waals surface area contributed by atoms with E-state index < -0.39 is 11.7 Å². The molecule has 0 saturated carbocycles. The number of nitrogens with two attached hydrogens (primary N) is 1. The Morgan fingerprint density at radius 1 is 1.25 bits per heavy atom. The summed E-state index contributed by atoms with van der Waals surface area (Å²) in [5.41, 5.74) is 8.76. The van der Waals surface area contributed by atoms with Crippen molar-refractivity contribution in [3.8, 4) is 0 Å². The molecule has 2 aromatic rings. The lowest BCUT2D eigenvalue weighted by molar-refractivity contribution is 0.102. The smallest absolute Gasteiger partial charge is 0.259 e. The monoisotopic (exact) mass is 336 g/mol. The Balaban J connectivity index is 2.35. The van der Waals surface area contributed by atoms with Gasteiger partial charge < -0.3 is 11.1 Å². The highest BCUT2D eigenvalue weighted by Crippen LogP contribution is 2.25. The average molecular weight is 337 g/mol. The van der Waals surface area contributed by atoms with Crippen LogP contribution in [0.5, 0.6) is 0 Å². The summed E-state index contributed by atoms with van der Waals surface area (Å²) in [6, 6.07) is 7.97. The fourth-order valence-electron chi connectivity index (χ4n) is 1.87. The summed E-state index contributed by atoms with van der Waals surface area (Å²) in [6.45, 7) is 3.69. The van der Waals surface area contributed by atoms with Crippen molar-refractivity contribution in [1.29, 1.82) is 0 Å². The third-order valence-electron chi connectivity index (χ3n) is 3.05. The van der Waals surface area contributed by atoms with Gasteiger partial charge in [0.2, 0.25) is 0 Å². The third kappa shape index (κ3) is 2.82. The molecule has 0 aliphatic carbocycles. The quantitative estimate of drug-likeness (QED) is 0.813. The molecule has 5 heteroatoms. The van der Waals surface area contributed by atoms with Crippen LogP contribution in [0.15, 0.2) is 34.8 Å². The number of amides is 1. The van der Waals surface area contributed by atoms with Crippen LogP contribution in [0, 0.1) is 19.7 Å². The number of carbonyl (C=O) groups is 1. The Bertz CT molecular complexity index is 666. The molecule has 0 spiro atoms. The van der Waals surface area contributed by atoms with E-state index in [4.69, 9.17) is 5.73 Å². The molecule has 0 heterocycles. The molecule has 0 saturated heterocycles. The van der Waals surface area contributed by atoms with Crippen molar-refractivity contribution < 1.29 is 9.18 Å². The number of nitrogens with one attached hydrogen (secondary N) is 1. The van der Waals surface area contributed by atoms with Crippen molar-refractivity contribution in [1.82, 2.24) is 0 Å². The van der Waals surface area contributed by atoms with Gasteiger partial charge in [-0.1, -0.05) is 6.07 Å². The van der Waals surface area contributed by atoms with Gasteiger partial charge in [-0.05, 0) is 65.2 Å². The zero-order valence-electron chi connectivity index (χ0n) is 11.1. The second kappa shape index (κ2) is 5.63. The van der Waals surface area contributed by atoms with Crippen molar-refractivity contribution in [2.24, 2.45) is 0 Å². The molecule has 0 bridgehead atoms. The van der Waals surface area contributed by atoms with Gasteiger partial charge in [0.15, 0.2) is 0 Å². The molecule has 3 N–H and O–H groups in total. The Labute approximate surface area is 125 Å². The second-order valence-corrected chi connectivity index (χ2v) is 5.43. The van der Waals surface area contributed by atoms with Crippen molar-refractivity contribution in [3.05, 3.63) is 57.3 Å². The van der Waals surface area contributed by atoms with Crippen LogP contribution in [-0.4, -0.2) is 5.91 Å². The number of halogens is 2. The summed E-state index contributed by atoms with van der Waals surface area (Å²) in [4.78, 5) is 12.2. The van der Waals surface area contributed by atoms with Crippen LogP contribution in [0.2, 0.25) is 0 Å². The number of benzene rings is 2. The van der Waals surface area contributed by atoms with E-state index in [0.29, 0.717) is 15.8 Å². The molecule has 3 nitrogen and oxygen atoms in total. The number of carbonyl (C=O) groups excluding carboxylic acids is 1. The molecule has 0 atom stereocenters. The molecule has 0 aromatic heterocycles. The summed E-state index contributed by atoms with van der Waals surface area (Å²) in [5.74, 6) is -1.07. The van der Waals surface area contributed by atoms with Crippen molar-refractivity contribution in [3.63, 3.8) is 0 Å². The first-order chi connectivity index (χ1) is 9.40. The van der Waals surface area contributed by atoms with Crippen molar-refractivity contribution >= 4 is 33.2 Å². The largest absolute Gasteiger partial charge is 0.399 e. The zero-order valence-corrected chi connectivity index (χ0v) is 12.7. The van der Waals surface area contributed by atoms with Gasteiger partial charge in [-0.2, -0.15) is 0 Å². The predicted octanol–water partition coefficient (Wildman–Crippen LogP) is 4.04. The molecule has 0 radical (unpaired) electrons. The van der Waals surface area contributed by atoms with Gasteiger partial charge in [0.1, 0.15) is 5.82 Å². The van der Waals surface area contributed by atoms with Gasteiger partial charge in [0, 0.05) is 15.8 Å². The molecule has 0 unspecified atom stereocenters. The SMILES string of the molecule is Cc1cc(NC(=O)c2c(F)cccc2Br)c(C)cc1N. The molecule has 104 valence electrons. The topological polar surface area (TPSA) is 55.1 Å². The lowest BCUT2D eigenvalue weighted by atomic mass is 10.1. The van der Waals surface area contributed by atoms with Crippen LogP contribution in [-0.2, 0) is 0 Å². The minimum absolute atomic E-state index is 0.0126. The first-order valence-electron chi connectivity index (χ1n) is 6.02. The van der Waals surface area contributed by atoms with Crippen molar-refractivity contribution in [2.45, 2.75) is 13.8 Å². The Morgan fingerprint density at radius 2 is 1.95 bits per heavy atom. The first kappa shape index (κ1) is 14.5. The van der Waals surface area contributed by atoms with Crippen LogP contribution in [0.4, 0.5) is 15.8 Å². The van der Waals surface area contributed by atoms with E-state index in [1.54, 1.807) is 18.2 Å². The Hall–Kier alpha value is -1.88. The van der Waals surface area contributed by atoms with E-state index >= 15 is 0 Å². The van der Waals surface area contributed by atoms with Crippen LogP contribution < -0.4 is 11.1 Å². The number of hydrogen-bond acceptors (Lipinski definition) is 2. The molecule has 2 aromatic carbocycles. The standard InChI is InChI=1S/C15H14BrFN2O/c1-8-7-13(9(2)6-12(8)18)19-15(20)14-10(16)4-3-5-11(14)17/h3-7H,18H2,1-2H3,(H,19,20). The van der Waals surface area contributed by atoms with E-state index in [2.05, 4.69) is 21.2 Å². The Kier molecular flexibility index (Phi) is 4.09. The van der Waals surface area contributed by atoms with Gasteiger partial charge in [0.25, 0.3) is 5.91 Å². The molecular weight excluding hydrogens is 323 g/mol. The van der Waals surface area contributed by atoms with E-state index in [9.17, 15) is 9.18 Å². The average Bonchev–Trinajstić information content (AvgIpc) is 2.35. The predicted molar refractivity (Wildman–Crippen MR) is 82.4 cm³/mol. The van der Waals surface area contributed by atoms with Gasteiger partial charge in [-0.15, -0.1) is 0 Å². The van der Waals surface area contributed by atoms with E-state index in [1.165, 1.54) is 12.1 Å². The third-order valence-corrected chi connectivity index (χ3v) is 3.71. The molecular formula is C15H14BrFN2O. The summed E-state index contributed by atoms with van der Waals surface area (Å²) >= 11 is 3.18. The van der Waals surface area contributed by atoms with Crippen LogP contribution in [0.3, 0.4) is 0 Å². The van der Waals surface area contributed by atoms with Gasteiger partial charge in [-0.25, -0.2) is 4.39 Å². The summed E-state index contributed by atoms with van der Waals surface area (Å²) in [7, 11) is 0. The zero-order chi connectivity index (χ0) is 14.9. The fraction of sp³-hybridized carbons (Fsp3) is 0.133. The highest BCUT2D eigenvalue weighted by Gasteiger charge is 2.16. The molecule has 0 aliphatic heterocycles. The molecule has 0 aliphatic rings. The van der Waals surface area contributed by atoms with Crippen LogP contribution in [0.25, 0.3) is 0 Å². The molecule has 2 rings (SSSR count). The minimum Gasteiger partial charge on any atom is -0.399 e. The van der Waals surface area contributed by atoms with E-state index in [-0.39, 0.29) is 5.56 Å². The molecule has 0 fully saturated rings. The lowest BCUT2D eigenvalue weighted by Crippen LogP contribution is -2.15. The number of aryl methyl sites for hydroxylation is 2. The molecule has 1 amide bonds. The van der Waals surface area contributed by atoms with Gasteiger partial charge in [-0.3, -0.25) is 4.79 Å². The summed E-state index contributed by atoms with van der Waals surface area (Å²) in [5, 5.41) is 2.71. The number of nitrogen functional groups attached to an aromatic ring is 1. The number of anilines is 2. The van der Waals surface area contributed by atoms with E-state index in [0.717, 1.165) is 11.1 Å². The van der Waals surface area contributed by atoms with Crippen LogP contribution >= 0.6 is 15.9 Å². The summed E-state index contributed by atoms with van der Waals surface area (Å²) < 4.78 is 14.2. The highest BCUT2D eigenvalue weighted by atomic mass is 79.9. The second-order valence-electron chi connectivity index (χ2n) is 4.57. The van der Waals surface area contributed by atoms with E-state index in [1.807, 2.05) is 13.8 Å². The lowest BCUT2D eigenvalue weighted by Gasteiger charge is -2.12. The van der Waals surface area contributed by atoms with Crippen LogP contribution in [0.1, 0.15) is 21.5 Å². The van der Waals surface area contributed by atoms with Gasteiger partial charge in [0.05, 0.1) is 5.56 Å². The molecule has 20 heavy (non-hydrogen) atoms. The maximum atomic E-state index is 13.7. The first-order valence-corrected chi connectivity index (χ1v) is 6.81. The maximum Gasteiger partial charge on any atom is 0.259 e. The normalized spacial score (nSPS) is 10.4. The number of hydrogen-bond donors (Lipinski definition) is 2. The fourth-order valence-corrected chi connectivity index (χ4v) is 2.39. The Morgan fingerprint density at radius 3 is 2.60 bits per heavy atom. The maximum absolute atomic E-state index is 13.7.